The van der Waals surface area contributed by atoms with Gasteiger partial charge >= 0.3 is 0 Å². The molecule has 1 saturated carbocycles. The number of thiazole rings is 1. The van der Waals surface area contributed by atoms with Crippen LogP contribution in [0.1, 0.15) is 36.9 Å². The maximum absolute atomic E-state index is 4.62. The SMILES string of the molecule is CCC1CNC(C2CC2)CN1Cc1csc(C)n1. The first-order valence-electron chi connectivity index (χ1n) is 7.14. The Morgan fingerprint density at radius 3 is 2.94 bits per heavy atom. The predicted molar refractivity (Wildman–Crippen MR) is 75.9 cm³/mol. The third kappa shape index (κ3) is 2.76. The molecule has 100 valence electrons. The van der Waals surface area contributed by atoms with Crippen LogP contribution < -0.4 is 5.32 Å². The summed E-state index contributed by atoms with van der Waals surface area (Å²) < 4.78 is 0. The number of nitrogens with zero attached hydrogens (tertiary/aromatic N) is 2. The van der Waals surface area contributed by atoms with Crippen molar-refractivity contribution in [2.75, 3.05) is 13.1 Å². The van der Waals surface area contributed by atoms with Gasteiger partial charge in [0.2, 0.25) is 0 Å². The number of rotatable bonds is 4. The zero-order chi connectivity index (χ0) is 12.5. The van der Waals surface area contributed by atoms with Gasteiger partial charge in [0.15, 0.2) is 0 Å². The van der Waals surface area contributed by atoms with E-state index in [0.717, 1.165) is 25.0 Å². The standard InChI is InChI=1S/C14H23N3S/c1-3-13-6-15-14(11-4-5-11)8-17(13)7-12-9-18-10(2)16-12/h9,11,13-15H,3-8H2,1-2H3. The van der Waals surface area contributed by atoms with Crippen molar-refractivity contribution in [1.82, 2.24) is 15.2 Å². The van der Waals surface area contributed by atoms with Gasteiger partial charge < -0.3 is 5.32 Å². The van der Waals surface area contributed by atoms with Crippen LogP contribution in [0.5, 0.6) is 0 Å². The Kier molecular flexibility index (Phi) is 3.68. The molecule has 1 aromatic heterocycles. The van der Waals surface area contributed by atoms with Crippen LogP contribution in [0.25, 0.3) is 0 Å². The van der Waals surface area contributed by atoms with Crippen LogP contribution in [-0.2, 0) is 6.54 Å². The Bertz CT molecular complexity index is 399. The predicted octanol–water partition coefficient (Wildman–Crippen LogP) is 2.41. The molecule has 0 bridgehead atoms. The Hall–Kier alpha value is -0.450. The number of hydrogen-bond donors (Lipinski definition) is 1. The average Bonchev–Trinajstić information content (AvgIpc) is 3.14. The smallest absolute Gasteiger partial charge is 0.0897 e. The highest BCUT2D eigenvalue weighted by Crippen LogP contribution is 2.34. The van der Waals surface area contributed by atoms with Crippen LogP contribution in [-0.4, -0.2) is 35.1 Å². The fraction of sp³-hybridized carbons (Fsp3) is 0.786. The van der Waals surface area contributed by atoms with E-state index in [2.05, 4.69) is 34.4 Å². The molecular formula is C14H23N3S. The van der Waals surface area contributed by atoms with Gasteiger partial charge in [0.1, 0.15) is 0 Å². The van der Waals surface area contributed by atoms with Gasteiger partial charge in [-0.25, -0.2) is 4.98 Å². The van der Waals surface area contributed by atoms with Gasteiger partial charge in [0.25, 0.3) is 0 Å². The lowest BCUT2D eigenvalue weighted by atomic mass is 10.0. The first kappa shape index (κ1) is 12.6. The van der Waals surface area contributed by atoms with E-state index < -0.39 is 0 Å². The highest BCUT2D eigenvalue weighted by atomic mass is 32.1. The third-order valence-corrected chi connectivity index (χ3v) is 5.08. The number of nitrogens with one attached hydrogen (secondary N) is 1. The zero-order valence-electron chi connectivity index (χ0n) is 11.4. The van der Waals surface area contributed by atoms with Gasteiger partial charge in [-0.1, -0.05) is 6.92 Å². The highest BCUT2D eigenvalue weighted by Gasteiger charge is 2.36. The van der Waals surface area contributed by atoms with Crippen LogP contribution >= 0.6 is 11.3 Å². The lowest BCUT2D eigenvalue weighted by molar-refractivity contribution is 0.110. The maximum atomic E-state index is 4.62. The minimum atomic E-state index is 0.682. The van der Waals surface area contributed by atoms with Gasteiger partial charge in [0, 0.05) is 37.1 Å². The molecule has 3 rings (SSSR count). The monoisotopic (exact) mass is 265 g/mol. The molecule has 1 saturated heterocycles. The Morgan fingerprint density at radius 1 is 1.50 bits per heavy atom. The molecule has 2 heterocycles. The van der Waals surface area contributed by atoms with Crippen molar-refractivity contribution >= 4 is 11.3 Å². The second-order valence-electron chi connectivity index (χ2n) is 5.70. The summed E-state index contributed by atoms with van der Waals surface area (Å²) in [6.45, 7) is 7.79. The molecule has 1 aliphatic carbocycles. The van der Waals surface area contributed by atoms with Crippen LogP contribution in [0.4, 0.5) is 0 Å². The first-order valence-corrected chi connectivity index (χ1v) is 8.02. The second kappa shape index (κ2) is 5.27. The van der Waals surface area contributed by atoms with E-state index in [9.17, 15) is 0 Å². The van der Waals surface area contributed by atoms with E-state index in [1.165, 1.54) is 36.5 Å². The van der Waals surface area contributed by atoms with Gasteiger partial charge in [-0.2, -0.15) is 0 Å². The van der Waals surface area contributed by atoms with Crippen molar-refractivity contribution in [2.24, 2.45) is 5.92 Å². The minimum absolute atomic E-state index is 0.682. The van der Waals surface area contributed by atoms with Crippen molar-refractivity contribution in [2.45, 2.75) is 51.7 Å². The molecule has 0 aromatic carbocycles. The van der Waals surface area contributed by atoms with Crippen molar-refractivity contribution in [3.63, 3.8) is 0 Å². The third-order valence-electron chi connectivity index (χ3n) is 4.26. The molecule has 4 heteroatoms. The molecule has 2 fully saturated rings. The Balaban J connectivity index is 1.65. The summed E-state index contributed by atoms with van der Waals surface area (Å²) in [5.41, 5.74) is 1.26. The van der Waals surface area contributed by atoms with E-state index in [-0.39, 0.29) is 0 Å². The van der Waals surface area contributed by atoms with E-state index in [4.69, 9.17) is 0 Å². The van der Waals surface area contributed by atoms with Crippen molar-refractivity contribution in [1.29, 1.82) is 0 Å². The van der Waals surface area contributed by atoms with Crippen LogP contribution in [0, 0.1) is 12.8 Å². The first-order chi connectivity index (χ1) is 8.76. The molecule has 0 amide bonds. The fourth-order valence-corrected chi connectivity index (χ4v) is 3.59. The van der Waals surface area contributed by atoms with Gasteiger partial charge in [-0.05, 0) is 32.1 Å². The van der Waals surface area contributed by atoms with E-state index in [1.54, 1.807) is 11.3 Å². The highest BCUT2D eigenvalue weighted by molar-refractivity contribution is 7.09. The lowest BCUT2D eigenvalue weighted by Crippen LogP contribution is -2.56. The maximum Gasteiger partial charge on any atom is 0.0897 e. The lowest BCUT2D eigenvalue weighted by Gasteiger charge is -2.40. The summed E-state index contributed by atoms with van der Waals surface area (Å²) in [5.74, 6) is 0.947. The number of hydrogen-bond acceptors (Lipinski definition) is 4. The molecule has 2 aliphatic rings. The van der Waals surface area contributed by atoms with Gasteiger partial charge in [0.05, 0.1) is 10.7 Å². The largest absolute Gasteiger partial charge is 0.311 e. The molecular weight excluding hydrogens is 242 g/mol. The molecule has 0 radical (unpaired) electrons. The van der Waals surface area contributed by atoms with Crippen molar-refractivity contribution in [3.8, 4) is 0 Å². The number of aryl methyl sites for hydroxylation is 1. The Morgan fingerprint density at radius 2 is 2.33 bits per heavy atom. The summed E-state index contributed by atoms with van der Waals surface area (Å²) in [5, 5.41) is 7.15. The summed E-state index contributed by atoms with van der Waals surface area (Å²) in [4.78, 5) is 7.26. The van der Waals surface area contributed by atoms with Crippen molar-refractivity contribution < 1.29 is 0 Å². The van der Waals surface area contributed by atoms with Crippen LogP contribution in [0.15, 0.2) is 5.38 Å². The van der Waals surface area contributed by atoms with Gasteiger partial charge in [-0.3, -0.25) is 4.90 Å². The van der Waals surface area contributed by atoms with Crippen LogP contribution in [0.2, 0.25) is 0 Å². The summed E-state index contributed by atoms with van der Waals surface area (Å²) in [6.07, 6.45) is 4.09. The van der Waals surface area contributed by atoms with Crippen molar-refractivity contribution in [3.05, 3.63) is 16.1 Å². The van der Waals surface area contributed by atoms with Crippen LogP contribution in [0.3, 0.4) is 0 Å². The van der Waals surface area contributed by atoms with E-state index in [0.29, 0.717) is 6.04 Å². The molecule has 1 aromatic rings. The summed E-state index contributed by atoms with van der Waals surface area (Å²) in [7, 11) is 0. The Labute approximate surface area is 114 Å². The average molecular weight is 265 g/mol. The topological polar surface area (TPSA) is 28.2 Å². The summed E-state index contributed by atoms with van der Waals surface area (Å²) in [6, 6.07) is 1.41. The quantitative estimate of drug-likeness (QED) is 0.906. The molecule has 1 N–H and O–H groups in total. The molecule has 2 atom stereocenters. The second-order valence-corrected chi connectivity index (χ2v) is 6.76. The molecule has 18 heavy (non-hydrogen) atoms. The van der Waals surface area contributed by atoms with E-state index >= 15 is 0 Å². The fourth-order valence-electron chi connectivity index (χ4n) is 2.98. The normalized spacial score (nSPS) is 29.7. The summed E-state index contributed by atoms with van der Waals surface area (Å²) >= 11 is 1.77. The molecule has 2 unspecified atom stereocenters. The number of aromatic nitrogens is 1. The minimum Gasteiger partial charge on any atom is -0.311 e. The van der Waals surface area contributed by atoms with Gasteiger partial charge in [-0.15, -0.1) is 11.3 Å². The van der Waals surface area contributed by atoms with E-state index in [1.807, 2.05) is 0 Å². The molecule has 0 spiro atoms. The molecule has 1 aliphatic heterocycles. The molecule has 3 nitrogen and oxygen atoms in total. The zero-order valence-corrected chi connectivity index (χ0v) is 12.2. The number of piperazine rings is 1.